The number of nitrogens with one attached hydrogen (secondary N) is 2. The van der Waals surface area contributed by atoms with Crippen LogP contribution in [0.5, 0.6) is 0 Å². The number of aromatic nitrogens is 5. The maximum absolute atomic E-state index is 5.02. The second-order valence-electron chi connectivity index (χ2n) is 7.23. The fraction of sp³-hybridized carbons (Fsp3) is 0. The Hall–Kier alpha value is -4.25. The van der Waals surface area contributed by atoms with Crippen molar-refractivity contribution in [1.82, 2.24) is 25.4 Å². The van der Waals surface area contributed by atoms with Crippen LogP contribution in [0.15, 0.2) is 91.0 Å². The number of benzene rings is 3. The SMILES string of the molecule is c1ccc(-c2cc(-c3nc(-c4n[nH]c5ccccc45)cc4ccccc34)[nH]n2)cc1. The van der Waals surface area contributed by atoms with E-state index in [-0.39, 0.29) is 0 Å². The Morgan fingerprint density at radius 2 is 1.33 bits per heavy atom. The lowest BCUT2D eigenvalue weighted by atomic mass is 10.0. The van der Waals surface area contributed by atoms with Crippen LogP contribution in [-0.4, -0.2) is 25.4 Å². The summed E-state index contributed by atoms with van der Waals surface area (Å²) in [5.74, 6) is 0. The second kappa shape index (κ2) is 6.67. The summed E-state index contributed by atoms with van der Waals surface area (Å²) in [5.41, 5.74) is 6.39. The summed E-state index contributed by atoms with van der Waals surface area (Å²) in [4.78, 5) is 5.02. The Morgan fingerprint density at radius 1 is 0.567 bits per heavy atom. The Kier molecular flexibility index (Phi) is 3.71. The van der Waals surface area contributed by atoms with Crippen LogP contribution in [0.3, 0.4) is 0 Å². The van der Waals surface area contributed by atoms with E-state index in [0.717, 1.165) is 55.7 Å². The van der Waals surface area contributed by atoms with Crippen molar-refractivity contribution in [2.75, 3.05) is 0 Å². The first kappa shape index (κ1) is 16.7. The monoisotopic (exact) mass is 387 g/mol. The number of hydrogen-bond acceptors (Lipinski definition) is 3. The van der Waals surface area contributed by atoms with Crippen molar-refractivity contribution < 1.29 is 0 Å². The van der Waals surface area contributed by atoms with Gasteiger partial charge in [-0.2, -0.15) is 10.2 Å². The Bertz CT molecular complexity index is 1490. The number of rotatable bonds is 3. The minimum absolute atomic E-state index is 0.831. The molecule has 0 aliphatic carbocycles. The molecule has 6 rings (SSSR count). The summed E-state index contributed by atoms with van der Waals surface area (Å²) >= 11 is 0. The van der Waals surface area contributed by atoms with Crippen LogP contribution >= 0.6 is 0 Å². The zero-order valence-electron chi connectivity index (χ0n) is 16.0. The number of nitrogens with zero attached hydrogens (tertiary/aromatic N) is 3. The number of para-hydroxylation sites is 1. The lowest BCUT2D eigenvalue weighted by Gasteiger charge is -2.07. The molecule has 0 aliphatic rings. The highest BCUT2D eigenvalue weighted by Gasteiger charge is 2.15. The smallest absolute Gasteiger partial charge is 0.118 e. The highest BCUT2D eigenvalue weighted by Crippen LogP contribution is 2.33. The number of H-pyrrole nitrogens is 2. The van der Waals surface area contributed by atoms with Gasteiger partial charge in [0.05, 0.1) is 28.3 Å². The quantitative estimate of drug-likeness (QED) is 0.401. The molecule has 5 nitrogen and oxygen atoms in total. The first-order valence-electron chi connectivity index (χ1n) is 9.81. The molecule has 3 heterocycles. The zero-order chi connectivity index (χ0) is 19.9. The molecule has 0 aliphatic heterocycles. The summed E-state index contributed by atoms with van der Waals surface area (Å²) in [6.07, 6.45) is 0. The molecule has 0 unspecified atom stereocenters. The molecular weight excluding hydrogens is 370 g/mol. The van der Waals surface area contributed by atoms with E-state index < -0.39 is 0 Å². The number of pyridine rings is 1. The van der Waals surface area contributed by atoms with Crippen LogP contribution in [-0.2, 0) is 0 Å². The molecule has 0 bridgehead atoms. The standard InChI is InChI=1S/C25H17N5/c1-2-8-16(9-3-1)21-15-23(29-28-21)24-18-11-5-4-10-17(18)14-22(26-24)25-19-12-6-7-13-20(19)27-30-25/h1-15H,(H,27,30)(H,28,29). The largest absolute Gasteiger partial charge is 0.277 e. The van der Waals surface area contributed by atoms with Crippen LogP contribution in [0.2, 0.25) is 0 Å². The average Bonchev–Trinajstić information content (AvgIpc) is 3.47. The lowest BCUT2D eigenvalue weighted by Crippen LogP contribution is -1.92. The van der Waals surface area contributed by atoms with Crippen molar-refractivity contribution in [3.8, 4) is 34.0 Å². The molecule has 3 aromatic heterocycles. The van der Waals surface area contributed by atoms with Crippen LogP contribution in [0, 0.1) is 0 Å². The molecule has 0 spiro atoms. The van der Waals surface area contributed by atoms with E-state index in [1.807, 2.05) is 48.5 Å². The molecule has 2 N–H and O–H groups in total. The van der Waals surface area contributed by atoms with Gasteiger partial charge in [0.15, 0.2) is 0 Å². The molecule has 0 saturated carbocycles. The van der Waals surface area contributed by atoms with Gasteiger partial charge in [0, 0.05) is 16.3 Å². The van der Waals surface area contributed by atoms with E-state index in [1.54, 1.807) is 0 Å². The number of hydrogen-bond donors (Lipinski definition) is 2. The highest BCUT2D eigenvalue weighted by molar-refractivity contribution is 5.99. The summed E-state index contributed by atoms with van der Waals surface area (Å²) in [6, 6.07) is 30.7. The average molecular weight is 387 g/mol. The third kappa shape index (κ3) is 2.68. The van der Waals surface area contributed by atoms with Gasteiger partial charge in [-0.3, -0.25) is 10.2 Å². The van der Waals surface area contributed by atoms with Crippen molar-refractivity contribution in [3.05, 3.63) is 91.0 Å². The zero-order valence-corrected chi connectivity index (χ0v) is 16.0. The topological polar surface area (TPSA) is 70.2 Å². The highest BCUT2D eigenvalue weighted by atomic mass is 15.1. The molecule has 5 heteroatoms. The maximum Gasteiger partial charge on any atom is 0.118 e. The molecule has 30 heavy (non-hydrogen) atoms. The van der Waals surface area contributed by atoms with Gasteiger partial charge < -0.3 is 0 Å². The van der Waals surface area contributed by atoms with Crippen molar-refractivity contribution >= 4 is 21.7 Å². The van der Waals surface area contributed by atoms with Gasteiger partial charge in [0.25, 0.3) is 0 Å². The van der Waals surface area contributed by atoms with Gasteiger partial charge in [-0.15, -0.1) is 0 Å². The van der Waals surface area contributed by atoms with Crippen LogP contribution < -0.4 is 0 Å². The van der Waals surface area contributed by atoms with Gasteiger partial charge in [-0.25, -0.2) is 4.98 Å². The van der Waals surface area contributed by atoms with E-state index >= 15 is 0 Å². The van der Waals surface area contributed by atoms with Gasteiger partial charge in [-0.05, 0) is 23.6 Å². The second-order valence-corrected chi connectivity index (χ2v) is 7.23. The van der Waals surface area contributed by atoms with Crippen LogP contribution in [0.1, 0.15) is 0 Å². The van der Waals surface area contributed by atoms with Crippen molar-refractivity contribution in [2.45, 2.75) is 0 Å². The van der Waals surface area contributed by atoms with Gasteiger partial charge in [0.1, 0.15) is 5.69 Å². The van der Waals surface area contributed by atoms with Gasteiger partial charge in [0.2, 0.25) is 0 Å². The summed E-state index contributed by atoms with van der Waals surface area (Å²) < 4.78 is 0. The van der Waals surface area contributed by atoms with E-state index in [2.05, 4.69) is 62.9 Å². The minimum Gasteiger partial charge on any atom is -0.277 e. The van der Waals surface area contributed by atoms with Crippen molar-refractivity contribution in [2.24, 2.45) is 0 Å². The number of aromatic amines is 2. The normalized spacial score (nSPS) is 11.3. The first-order chi connectivity index (χ1) is 14.9. The van der Waals surface area contributed by atoms with E-state index in [1.165, 1.54) is 0 Å². The predicted octanol–water partition coefficient (Wildman–Crippen LogP) is 5.84. The fourth-order valence-corrected chi connectivity index (χ4v) is 3.88. The Labute approximate surface area is 172 Å². The van der Waals surface area contributed by atoms with E-state index in [4.69, 9.17) is 4.98 Å². The first-order valence-corrected chi connectivity index (χ1v) is 9.81. The minimum atomic E-state index is 0.831. The Balaban J connectivity index is 1.57. The van der Waals surface area contributed by atoms with Gasteiger partial charge in [-0.1, -0.05) is 72.8 Å². The number of fused-ring (bicyclic) bond motifs is 2. The lowest BCUT2D eigenvalue weighted by molar-refractivity contribution is 1.09. The molecule has 0 amide bonds. The molecule has 0 atom stereocenters. The Morgan fingerprint density at radius 3 is 2.23 bits per heavy atom. The van der Waals surface area contributed by atoms with E-state index in [9.17, 15) is 0 Å². The molecule has 3 aromatic carbocycles. The molecular formula is C25H17N5. The molecule has 0 fully saturated rings. The van der Waals surface area contributed by atoms with Crippen LogP contribution in [0.4, 0.5) is 0 Å². The third-order valence-electron chi connectivity index (χ3n) is 5.36. The third-order valence-corrected chi connectivity index (χ3v) is 5.36. The van der Waals surface area contributed by atoms with Gasteiger partial charge >= 0.3 is 0 Å². The maximum atomic E-state index is 5.02. The molecule has 0 radical (unpaired) electrons. The predicted molar refractivity (Wildman–Crippen MR) is 120 cm³/mol. The molecule has 0 saturated heterocycles. The van der Waals surface area contributed by atoms with Crippen molar-refractivity contribution in [3.63, 3.8) is 0 Å². The summed E-state index contributed by atoms with van der Waals surface area (Å²) in [7, 11) is 0. The van der Waals surface area contributed by atoms with E-state index in [0.29, 0.717) is 0 Å². The van der Waals surface area contributed by atoms with Crippen molar-refractivity contribution in [1.29, 1.82) is 0 Å². The fourth-order valence-electron chi connectivity index (χ4n) is 3.88. The van der Waals surface area contributed by atoms with Crippen LogP contribution in [0.25, 0.3) is 55.7 Å². The molecule has 142 valence electrons. The summed E-state index contributed by atoms with van der Waals surface area (Å²) in [5, 5.41) is 18.6. The summed E-state index contributed by atoms with van der Waals surface area (Å²) in [6.45, 7) is 0. The molecule has 6 aromatic rings.